The predicted molar refractivity (Wildman–Crippen MR) is 100 cm³/mol. The molecule has 1 amide bonds. The van der Waals surface area contributed by atoms with Crippen LogP contribution in [-0.4, -0.2) is 20.1 Å². The Morgan fingerprint density at radius 2 is 1.68 bits per heavy atom. The monoisotopic (exact) mass is 392 g/mol. The summed E-state index contributed by atoms with van der Waals surface area (Å²) in [6.45, 7) is 1.85. The summed E-state index contributed by atoms with van der Waals surface area (Å²) in [7, 11) is 3.00. The fraction of sp³-hybridized carbons (Fsp3) is 0.250. The van der Waals surface area contributed by atoms with Gasteiger partial charge in [0.05, 0.1) is 31.0 Å². The van der Waals surface area contributed by atoms with Gasteiger partial charge >= 0.3 is 6.18 Å². The van der Waals surface area contributed by atoms with Crippen molar-refractivity contribution in [2.24, 2.45) is 0 Å². The molecule has 0 unspecified atom stereocenters. The van der Waals surface area contributed by atoms with E-state index in [-0.39, 0.29) is 5.91 Å². The highest BCUT2D eigenvalue weighted by molar-refractivity contribution is 6.32. The summed E-state index contributed by atoms with van der Waals surface area (Å²) in [6.07, 6.45) is -3.93. The molecule has 1 aliphatic rings. The summed E-state index contributed by atoms with van der Waals surface area (Å²) < 4.78 is 48.8. The number of halogens is 3. The fourth-order valence-corrected chi connectivity index (χ4v) is 3.04. The number of hydrogen-bond donors (Lipinski definition) is 2. The standard InChI is InChI=1S/C20H19F3N2O3/c1-4-14(24-12-7-5-11(6-8-12)20(21,22)23)18-13-9-16(27-2)17(28-3)10-15(13)25-19(18)26/h5-10,24H,4H2,1-3H3,(H,25,26). The van der Waals surface area contributed by atoms with E-state index >= 15 is 0 Å². The lowest BCUT2D eigenvalue weighted by atomic mass is 10.0. The molecule has 0 spiro atoms. The molecule has 0 aliphatic carbocycles. The van der Waals surface area contributed by atoms with Crippen LogP contribution in [0.5, 0.6) is 11.5 Å². The molecule has 5 nitrogen and oxygen atoms in total. The molecule has 1 aliphatic heterocycles. The second-order valence-corrected chi connectivity index (χ2v) is 6.11. The van der Waals surface area contributed by atoms with Crippen molar-refractivity contribution >= 4 is 22.9 Å². The highest BCUT2D eigenvalue weighted by Gasteiger charge is 2.31. The van der Waals surface area contributed by atoms with E-state index in [0.717, 1.165) is 12.1 Å². The van der Waals surface area contributed by atoms with Crippen molar-refractivity contribution in [3.63, 3.8) is 0 Å². The molecule has 2 aromatic rings. The highest BCUT2D eigenvalue weighted by Crippen LogP contribution is 2.42. The normalized spacial score (nSPS) is 15.0. The maximum absolute atomic E-state index is 12.7. The Morgan fingerprint density at radius 1 is 1.07 bits per heavy atom. The lowest BCUT2D eigenvalue weighted by Crippen LogP contribution is -2.10. The van der Waals surface area contributed by atoms with Gasteiger partial charge < -0.3 is 20.1 Å². The van der Waals surface area contributed by atoms with Crippen LogP contribution in [0.4, 0.5) is 24.5 Å². The number of anilines is 2. The van der Waals surface area contributed by atoms with Crippen molar-refractivity contribution in [3.05, 3.63) is 53.2 Å². The van der Waals surface area contributed by atoms with Crippen LogP contribution in [0.3, 0.4) is 0 Å². The first-order chi connectivity index (χ1) is 13.3. The number of carbonyl (C=O) groups is 1. The van der Waals surface area contributed by atoms with Gasteiger partial charge in [-0.3, -0.25) is 4.79 Å². The zero-order valence-electron chi connectivity index (χ0n) is 15.5. The Kier molecular flexibility index (Phi) is 5.22. The topological polar surface area (TPSA) is 59.6 Å². The molecule has 0 saturated carbocycles. The molecule has 8 heteroatoms. The minimum atomic E-state index is -4.40. The second-order valence-electron chi connectivity index (χ2n) is 6.11. The van der Waals surface area contributed by atoms with E-state index < -0.39 is 11.7 Å². The third-order valence-electron chi connectivity index (χ3n) is 4.43. The molecule has 0 bridgehead atoms. The van der Waals surface area contributed by atoms with Crippen molar-refractivity contribution in [3.8, 4) is 11.5 Å². The van der Waals surface area contributed by atoms with E-state index in [0.29, 0.717) is 46.1 Å². The summed E-state index contributed by atoms with van der Waals surface area (Å²) in [5.41, 5.74) is 1.95. The van der Waals surface area contributed by atoms with Gasteiger partial charge in [0.25, 0.3) is 5.91 Å². The van der Waals surface area contributed by atoms with Gasteiger partial charge in [-0.15, -0.1) is 0 Å². The maximum atomic E-state index is 12.7. The fourth-order valence-electron chi connectivity index (χ4n) is 3.04. The van der Waals surface area contributed by atoms with E-state index in [1.165, 1.54) is 26.4 Å². The van der Waals surface area contributed by atoms with Crippen molar-refractivity contribution < 1.29 is 27.4 Å². The maximum Gasteiger partial charge on any atom is 0.416 e. The van der Waals surface area contributed by atoms with Crippen LogP contribution in [0.2, 0.25) is 0 Å². The van der Waals surface area contributed by atoms with Gasteiger partial charge in [0.15, 0.2) is 11.5 Å². The zero-order valence-corrected chi connectivity index (χ0v) is 15.5. The highest BCUT2D eigenvalue weighted by atomic mass is 19.4. The molecular weight excluding hydrogens is 373 g/mol. The Morgan fingerprint density at radius 3 is 2.21 bits per heavy atom. The number of allylic oxidation sites excluding steroid dienone is 1. The molecule has 2 N–H and O–H groups in total. The number of ether oxygens (including phenoxy) is 2. The van der Waals surface area contributed by atoms with Gasteiger partial charge in [-0.25, -0.2) is 0 Å². The van der Waals surface area contributed by atoms with Crippen LogP contribution in [-0.2, 0) is 11.0 Å². The van der Waals surface area contributed by atoms with Gasteiger partial charge in [0.2, 0.25) is 0 Å². The third kappa shape index (κ3) is 3.62. The summed E-state index contributed by atoms with van der Waals surface area (Å²) in [5, 5.41) is 5.85. The van der Waals surface area contributed by atoms with Crippen LogP contribution >= 0.6 is 0 Å². The summed E-state index contributed by atoms with van der Waals surface area (Å²) in [6, 6.07) is 8.03. The Labute approximate surface area is 160 Å². The number of hydrogen-bond acceptors (Lipinski definition) is 4. The van der Waals surface area contributed by atoms with E-state index in [1.54, 1.807) is 12.1 Å². The van der Waals surface area contributed by atoms with Crippen LogP contribution in [0, 0.1) is 0 Å². The number of benzene rings is 2. The van der Waals surface area contributed by atoms with E-state index in [4.69, 9.17) is 9.47 Å². The summed E-state index contributed by atoms with van der Waals surface area (Å²) >= 11 is 0. The van der Waals surface area contributed by atoms with E-state index in [1.807, 2.05) is 6.92 Å². The molecule has 2 aromatic carbocycles. The summed E-state index contributed by atoms with van der Waals surface area (Å²) in [4.78, 5) is 12.6. The first-order valence-electron chi connectivity index (χ1n) is 8.53. The Balaban J connectivity index is 2.00. The van der Waals surface area contributed by atoms with Crippen molar-refractivity contribution in [1.29, 1.82) is 0 Å². The molecule has 0 atom stereocenters. The summed E-state index contributed by atoms with van der Waals surface area (Å²) in [5.74, 6) is 0.651. The average molecular weight is 392 g/mol. The molecule has 3 rings (SSSR count). The van der Waals surface area contributed by atoms with Gasteiger partial charge in [-0.1, -0.05) is 6.92 Å². The van der Waals surface area contributed by atoms with Gasteiger partial charge in [-0.05, 0) is 36.8 Å². The first-order valence-corrected chi connectivity index (χ1v) is 8.53. The SMILES string of the molecule is CCC(Nc1ccc(C(F)(F)F)cc1)=C1C(=O)Nc2cc(OC)c(OC)cc21. The Hall–Kier alpha value is -3.16. The van der Waals surface area contributed by atoms with Crippen LogP contribution in [0.1, 0.15) is 24.5 Å². The predicted octanol–water partition coefficient (Wildman–Crippen LogP) is 4.91. The van der Waals surface area contributed by atoms with Crippen LogP contribution in [0.15, 0.2) is 42.1 Å². The van der Waals surface area contributed by atoms with Crippen molar-refractivity contribution in [2.75, 3.05) is 24.9 Å². The van der Waals surface area contributed by atoms with Gasteiger partial charge in [0.1, 0.15) is 0 Å². The molecule has 0 fully saturated rings. The largest absolute Gasteiger partial charge is 0.493 e. The molecular formula is C20H19F3N2O3. The average Bonchev–Trinajstić information content (AvgIpc) is 2.99. The lowest BCUT2D eigenvalue weighted by Gasteiger charge is -2.14. The van der Waals surface area contributed by atoms with Crippen molar-refractivity contribution in [1.82, 2.24) is 0 Å². The molecule has 148 valence electrons. The quantitative estimate of drug-likeness (QED) is 0.710. The number of fused-ring (bicyclic) bond motifs is 1. The van der Waals surface area contributed by atoms with Crippen LogP contribution in [0.25, 0.3) is 5.57 Å². The van der Waals surface area contributed by atoms with Gasteiger partial charge in [0, 0.05) is 23.0 Å². The first kappa shape index (κ1) is 19.6. The number of amides is 1. The molecule has 1 heterocycles. The van der Waals surface area contributed by atoms with E-state index in [2.05, 4.69) is 10.6 Å². The minimum absolute atomic E-state index is 0.304. The number of methoxy groups -OCH3 is 2. The lowest BCUT2D eigenvalue weighted by molar-refractivity contribution is -0.137. The molecule has 0 radical (unpaired) electrons. The minimum Gasteiger partial charge on any atom is -0.493 e. The van der Waals surface area contributed by atoms with Crippen molar-refractivity contribution in [2.45, 2.75) is 19.5 Å². The molecule has 0 saturated heterocycles. The smallest absolute Gasteiger partial charge is 0.416 e. The van der Waals surface area contributed by atoms with Crippen LogP contribution < -0.4 is 20.1 Å². The molecule has 28 heavy (non-hydrogen) atoms. The Bertz CT molecular complexity index is 935. The number of rotatable bonds is 5. The molecule has 0 aromatic heterocycles. The second kappa shape index (κ2) is 7.46. The van der Waals surface area contributed by atoms with E-state index in [9.17, 15) is 18.0 Å². The number of carbonyl (C=O) groups excluding carboxylic acids is 1. The van der Waals surface area contributed by atoms with Gasteiger partial charge in [-0.2, -0.15) is 13.2 Å². The third-order valence-corrected chi connectivity index (χ3v) is 4.43. The zero-order chi connectivity index (χ0) is 20.5. The number of alkyl halides is 3. The number of nitrogens with one attached hydrogen (secondary N) is 2.